The van der Waals surface area contributed by atoms with Gasteiger partial charge in [-0.3, -0.25) is 0 Å². The largest absolute Gasteiger partial charge is 0.491 e. The molecule has 0 saturated heterocycles. The van der Waals surface area contributed by atoms with E-state index in [1.54, 1.807) is 7.11 Å². The highest BCUT2D eigenvalue weighted by Crippen LogP contribution is 2.23. The third-order valence-electron chi connectivity index (χ3n) is 3.50. The quantitative estimate of drug-likeness (QED) is 0.634. The number of hydrogen-bond donors (Lipinski definition) is 1. The zero-order valence-electron chi connectivity index (χ0n) is 11.5. The van der Waals surface area contributed by atoms with E-state index in [-0.39, 0.29) is 0 Å². The predicted molar refractivity (Wildman–Crippen MR) is 75.4 cm³/mol. The molecular weight excluding hydrogens is 242 g/mol. The molecule has 0 amide bonds. The number of benzene rings is 1. The summed E-state index contributed by atoms with van der Waals surface area (Å²) in [6.45, 7) is 1.18. The van der Waals surface area contributed by atoms with E-state index in [0.29, 0.717) is 25.4 Å². The Hall–Kier alpha value is -1.26. The smallest absolute Gasteiger partial charge is 0.119 e. The van der Waals surface area contributed by atoms with Gasteiger partial charge in [0.2, 0.25) is 0 Å². The second kappa shape index (κ2) is 7.36. The van der Waals surface area contributed by atoms with Crippen LogP contribution in [-0.2, 0) is 9.47 Å². The molecule has 0 spiro atoms. The standard InChI is InChI=1S/C15H23NO3/c1-17-14-3-2-4-15(11-14)19-10-9-18-13-7-5-12(16)6-8-13/h5-8,14-15H,2-4,9-11,16H2,1H3. The number of methoxy groups -OCH3 is 1. The van der Waals surface area contributed by atoms with E-state index in [9.17, 15) is 0 Å². The minimum atomic E-state index is 0.314. The summed E-state index contributed by atoms with van der Waals surface area (Å²) in [5.74, 6) is 0.830. The Bertz CT molecular complexity index is 366. The molecule has 2 rings (SSSR count). The van der Waals surface area contributed by atoms with Crippen LogP contribution in [0.1, 0.15) is 25.7 Å². The second-order valence-electron chi connectivity index (χ2n) is 4.93. The average molecular weight is 265 g/mol. The van der Waals surface area contributed by atoms with Gasteiger partial charge < -0.3 is 19.9 Å². The van der Waals surface area contributed by atoms with Crippen LogP contribution in [0, 0.1) is 0 Å². The Morgan fingerprint density at radius 1 is 1.11 bits per heavy atom. The fourth-order valence-corrected chi connectivity index (χ4v) is 2.41. The average Bonchev–Trinajstić information content (AvgIpc) is 2.46. The molecule has 0 heterocycles. The Balaban J connectivity index is 1.62. The van der Waals surface area contributed by atoms with Gasteiger partial charge in [0.1, 0.15) is 12.4 Å². The number of nitrogen functional groups attached to an aromatic ring is 1. The summed E-state index contributed by atoms with van der Waals surface area (Å²) >= 11 is 0. The van der Waals surface area contributed by atoms with Crippen LogP contribution in [0.2, 0.25) is 0 Å². The molecule has 1 fully saturated rings. The lowest BCUT2D eigenvalue weighted by Crippen LogP contribution is -2.28. The van der Waals surface area contributed by atoms with Gasteiger partial charge in [-0.25, -0.2) is 0 Å². The van der Waals surface area contributed by atoms with E-state index < -0.39 is 0 Å². The van der Waals surface area contributed by atoms with Crippen LogP contribution < -0.4 is 10.5 Å². The van der Waals surface area contributed by atoms with Gasteiger partial charge in [0, 0.05) is 12.8 Å². The third kappa shape index (κ3) is 4.73. The lowest BCUT2D eigenvalue weighted by molar-refractivity contribution is -0.0362. The van der Waals surface area contributed by atoms with E-state index in [2.05, 4.69) is 0 Å². The van der Waals surface area contributed by atoms with E-state index in [0.717, 1.165) is 30.7 Å². The molecule has 0 aliphatic heterocycles. The first-order chi connectivity index (χ1) is 9.28. The Morgan fingerprint density at radius 2 is 1.84 bits per heavy atom. The Morgan fingerprint density at radius 3 is 2.58 bits per heavy atom. The van der Waals surface area contributed by atoms with Crippen molar-refractivity contribution in [2.45, 2.75) is 37.9 Å². The van der Waals surface area contributed by atoms with E-state index in [1.165, 1.54) is 6.42 Å². The fraction of sp³-hybridized carbons (Fsp3) is 0.600. The number of rotatable bonds is 6. The zero-order chi connectivity index (χ0) is 13.5. The molecule has 2 unspecified atom stereocenters. The molecule has 1 saturated carbocycles. The fourth-order valence-electron chi connectivity index (χ4n) is 2.41. The maximum Gasteiger partial charge on any atom is 0.119 e. The van der Waals surface area contributed by atoms with Crippen molar-refractivity contribution in [3.05, 3.63) is 24.3 Å². The van der Waals surface area contributed by atoms with Crippen LogP contribution in [-0.4, -0.2) is 32.5 Å². The van der Waals surface area contributed by atoms with Crippen molar-refractivity contribution in [1.82, 2.24) is 0 Å². The van der Waals surface area contributed by atoms with Gasteiger partial charge in [-0.1, -0.05) is 0 Å². The molecule has 19 heavy (non-hydrogen) atoms. The summed E-state index contributed by atoms with van der Waals surface area (Å²) in [5, 5.41) is 0. The molecule has 1 aliphatic carbocycles. The summed E-state index contributed by atoms with van der Waals surface area (Å²) in [6.07, 6.45) is 5.13. The summed E-state index contributed by atoms with van der Waals surface area (Å²) < 4.78 is 16.8. The van der Waals surface area contributed by atoms with Gasteiger partial charge in [-0.05, 0) is 49.9 Å². The molecule has 0 radical (unpaired) electrons. The van der Waals surface area contributed by atoms with Crippen LogP contribution in [0.5, 0.6) is 5.75 Å². The SMILES string of the molecule is COC1CCCC(OCCOc2ccc(N)cc2)C1. The Kier molecular flexibility index (Phi) is 5.48. The predicted octanol–water partition coefficient (Wildman–Crippen LogP) is 2.62. The highest BCUT2D eigenvalue weighted by molar-refractivity contribution is 5.41. The first-order valence-corrected chi connectivity index (χ1v) is 6.90. The maximum absolute atomic E-state index is 5.83. The van der Waals surface area contributed by atoms with Gasteiger partial charge in [0.25, 0.3) is 0 Å². The van der Waals surface area contributed by atoms with Gasteiger partial charge in [-0.2, -0.15) is 0 Å². The van der Waals surface area contributed by atoms with Crippen molar-refractivity contribution in [1.29, 1.82) is 0 Å². The van der Waals surface area contributed by atoms with Crippen LogP contribution in [0.3, 0.4) is 0 Å². The Labute approximate surface area is 114 Å². The van der Waals surface area contributed by atoms with Crippen LogP contribution in [0.15, 0.2) is 24.3 Å². The third-order valence-corrected chi connectivity index (χ3v) is 3.50. The molecule has 0 bridgehead atoms. The van der Waals surface area contributed by atoms with Gasteiger partial charge >= 0.3 is 0 Å². The lowest BCUT2D eigenvalue weighted by Gasteiger charge is -2.28. The van der Waals surface area contributed by atoms with Gasteiger partial charge in [0.15, 0.2) is 0 Å². The first kappa shape index (κ1) is 14.2. The minimum Gasteiger partial charge on any atom is -0.491 e. The summed E-state index contributed by atoms with van der Waals surface area (Å²) in [7, 11) is 1.78. The number of nitrogens with two attached hydrogens (primary N) is 1. The molecule has 1 aliphatic rings. The van der Waals surface area contributed by atoms with Crippen molar-refractivity contribution in [2.75, 3.05) is 26.1 Å². The van der Waals surface area contributed by atoms with E-state index >= 15 is 0 Å². The molecule has 106 valence electrons. The topological polar surface area (TPSA) is 53.7 Å². The normalized spacial score (nSPS) is 23.2. The number of hydrogen-bond acceptors (Lipinski definition) is 4. The first-order valence-electron chi connectivity index (χ1n) is 6.90. The lowest BCUT2D eigenvalue weighted by atomic mass is 9.95. The highest BCUT2D eigenvalue weighted by atomic mass is 16.5. The molecular formula is C15H23NO3. The molecule has 1 aromatic carbocycles. The monoisotopic (exact) mass is 265 g/mol. The van der Waals surface area contributed by atoms with Crippen LogP contribution in [0.4, 0.5) is 5.69 Å². The van der Waals surface area contributed by atoms with Crippen molar-refractivity contribution in [3.63, 3.8) is 0 Å². The van der Waals surface area contributed by atoms with Crippen LogP contribution in [0.25, 0.3) is 0 Å². The zero-order valence-corrected chi connectivity index (χ0v) is 11.5. The molecule has 1 aromatic rings. The molecule has 4 heteroatoms. The van der Waals surface area contributed by atoms with Gasteiger partial charge in [-0.15, -0.1) is 0 Å². The second-order valence-corrected chi connectivity index (χ2v) is 4.93. The summed E-state index contributed by atoms with van der Waals surface area (Å²) in [5.41, 5.74) is 6.36. The van der Waals surface area contributed by atoms with E-state index in [4.69, 9.17) is 19.9 Å². The highest BCUT2D eigenvalue weighted by Gasteiger charge is 2.21. The molecule has 2 N–H and O–H groups in total. The van der Waals surface area contributed by atoms with Crippen molar-refractivity contribution >= 4 is 5.69 Å². The van der Waals surface area contributed by atoms with E-state index in [1.807, 2.05) is 24.3 Å². The van der Waals surface area contributed by atoms with Crippen LogP contribution >= 0.6 is 0 Å². The van der Waals surface area contributed by atoms with Gasteiger partial charge in [0.05, 0.1) is 18.8 Å². The summed E-state index contributed by atoms with van der Waals surface area (Å²) in [4.78, 5) is 0. The summed E-state index contributed by atoms with van der Waals surface area (Å²) in [6, 6.07) is 7.41. The number of ether oxygens (including phenoxy) is 3. The molecule has 2 atom stereocenters. The molecule has 4 nitrogen and oxygen atoms in total. The number of anilines is 1. The minimum absolute atomic E-state index is 0.314. The maximum atomic E-state index is 5.83. The van der Waals surface area contributed by atoms with Crippen molar-refractivity contribution < 1.29 is 14.2 Å². The molecule has 0 aromatic heterocycles. The van der Waals surface area contributed by atoms with Crippen molar-refractivity contribution in [3.8, 4) is 5.75 Å². The van der Waals surface area contributed by atoms with Crippen molar-refractivity contribution in [2.24, 2.45) is 0 Å².